The van der Waals surface area contributed by atoms with E-state index in [2.05, 4.69) is 31.5 Å². The van der Waals surface area contributed by atoms with Crippen LogP contribution in [0.25, 0.3) is 6.08 Å². The lowest BCUT2D eigenvalue weighted by Gasteiger charge is -2.10. The van der Waals surface area contributed by atoms with Crippen molar-refractivity contribution in [1.29, 1.82) is 0 Å². The maximum absolute atomic E-state index is 12.6. The first-order chi connectivity index (χ1) is 15.3. The van der Waals surface area contributed by atoms with Crippen molar-refractivity contribution in [1.82, 2.24) is 15.6 Å². The predicted octanol–water partition coefficient (Wildman–Crippen LogP) is 3.34. The summed E-state index contributed by atoms with van der Waals surface area (Å²) in [5.41, 5.74) is 1.46. The number of phenols is 1. The van der Waals surface area contributed by atoms with Crippen LogP contribution in [0.2, 0.25) is 0 Å². The first-order valence-electron chi connectivity index (χ1n) is 9.35. The number of nitrogens with zero attached hydrogens (tertiary/aromatic N) is 1. The van der Waals surface area contributed by atoms with Gasteiger partial charge < -0.3 is 20.8 Å². The zero-order valence-corrected chi connectivity index (χ0v) is 18.2. The smallest absolute Gasteiger partial charge is 0.352 e. The molecule has 2 aromatic carbocycles. The standard InChI is InChI=1S/C23H18BrN3O5/c24-19-12-16(21(29)26-13-15-2-1-3-17(28)10-15)4-5-18(19)22(30)27-20(23(31)32)11-14-6-8-25-9-7-14/h1-12,28H,13H2,(H,26,29)(H,27,30)(H,31,32)/b20-11-. The second-order valence-corrected chi connectivity index (χ2v) is 7.50. The first-order valence-corrected chi connectivity index (χ1v) is 10.1. The Bertz CT molecular complexity index is 1200. The van der Waals surface area contributed by atoms with Crippen LogP contribution >= 0.6 is 15.9 Å². The number of carbonyl (C=O) groups is 3. The highest BCUT2D eigenvalue weighted by atomic mass is 79.9. The molecule has 0 bridgehead atoms. The molecule has 0 saturated carbocycles. The molecular weight excluding hydrogens is 478 g/mol. The van der Waals surface area contributed by atoms with E-state index in [1.807, 2.05) is 0 Å². The van der Waals surface area contributed by atoms with Crippen LogP contribution in [0.3, 0.4) is 0 Å². The lowest BCUT2D eigenvalue weighted by molar-refractivity contribution is -0.132. The summed E-state index contributed by atoms with van der Waals surface area (Å²) in [5, 5.41) is 24.0. The number of aliphatic carboxylic acids is 1. The highest BCUT2D eigenvalue weighted by molar-refractivity contribution is 9.10. The molecule has 3 aromatic rings. The lowest BCUT2D eigenvalue weighted by atomic mass is 10.1. The van der Waals surface area contributed by atoms with Gasteiger partial charge in [-0.25, -0.2) is 4.79 Å². The topological polar surface area (TPSA) is 129 Å². The number of rotatable bonds is 7. The van der Waals surface area contributed by atoms with E-state index in [1.165, 1.54) is 42.7 Å². The SMILES string of the molecule is O=C(O)/C(=C/c1ccncc1)NC(=O)c1ccc(C(=O)NCc2cccc(O)c2)cc1Br. The summed E-state index contributed by atoms with van der Waals surface area (Å²) in [6, 6.07) is 14.1. The van der Waals surface area contributed by atoms with Crippen LogP contribution in [0.5, 0.6) is 5.75 Å². The van der Waals surface area contributed by atoms with Crippen LogP contribution in [-0.2, 0) is 11.3 Å². The van der Waals surface area contributed by atoms with E-state index in [-0.39, 0.29) is 29.5 Å². The van der Waals surface area contributed by atoms with Crippen LogP contribution in [0, 0.1) is 0 Å². The third kappa shape index (κ3) is 6.02. The fourth-order valence-corrected chi connectivity index (χ4v) is 3.32. The molecule has 0 saturated heterocycles. The van der Waals surface area contributed by atoms with E-state index in [0.717, 1.165) is 5.56 Å². The molecule has 9 heteroatoms. The molecule has 2 amide bonds. The molecule has 0 aliphatic carbocycles. The number of aromatic nitrogens is 1. The van der Waals surface area contributed by atoms with Crippen LogP contribution in [0.1, 0.15) is 31.8 Å². The van der Waals surface area contributed by atoms with Crippen LogP contribution in [0.4, 0.5) is 0 Å². The average Bonchev–Trinajstić information content (AvgIpc) is 2.77. The van der Waals surface area contributed by atoms with E-state index in [1.54, 1.807) is 30.3 Å². The molecule has 3 rings (SSSR count). The minimum atomic E-state index is -1.30. The summed E-state index contributed by atoms with van der Waals surface area (Å²) in [7, 11) is 0. The largest absolute Gasteiger partial charge is 0.508 e. The molecule has 1 heterocycles. The number of hydrogen-bond donors (Lipinski definition) is 4. The summed E-state index contributed by atoms with van der Waals surface area (Å²) in [6.07, 6.45) is 4.33. The Balaban J connectivity index is 1.70. The monoisotopic (exact) mass is 495 g/mol. The number of carboxylic acid groups (broad SMARTS) is 1. The van der Waals surface area contributed by atoms with E-state index in [4.69, 9.17) is 0 Å². The zero-order chi connectivity index (χ0) is 23.1. The fraction of sp³-hybridized carbons (Fsp3) is 0.0435. The average molecular weight is 496 g/mol. The van der Waals surface area contributed by atoms with Gasteiger partial charge in [-0.1, -0.05) is 12.1 Å². The summed E-state index contributed by atoms with van der Waals surface area (Å²) >= 11 is 3.27. The van der Waals surface area contributed by atoms with Gasteiger partial charge in [-0.3, -0.25) is 14.6 Å². The molecule has 32 heavy (non-hydrogen) atoms. The number of carbonyl (C=O) groups excluding carboxylic acids is 2. The van der Waals surface area contributed by atoms with Crippen molar-refractivity contribution in [2.75, 3.05) is 0 Å². The van der Waals surface area contributed by atoms with Gasteiger partial charge in [0, 0.05) is 29.0 Å². The Kier molecular flexibility index (Phi) is 7.35. The normalized spacial score (nSPS) is 11.0. The van der Waals surface area contributed by atoms with Crippen molar-refractivity contribution in [3.8, 4) is 5.75 Å². The Morgan fingerprint density at radius 1 is 1.00 bits per heavy atom. The van der Waals surface area contributed by atoms with Gasteiger partial charge in [-0.05, 0) is 75.6 Å². The van der Waals surface area contributed by atoms with E-state index >= 15 is 0 Å². The van der Waals surface area contributed by atoms with Crippen LogP contribution in [-0.4, -0.2) is 33.0 Å². The summed E-state index contributed by atoms with van der Waals surface area (Å²) < 4.78 is 0.327. The number of amides is 2. The summed E-state index contributed by atoms with van der Waals surface area (Å²) in [6.45, 7) is 0.217. The second-order valence-electron chi connectivity index (χ2n) is 6.65. The van der Waals surface area contributed by atoms with E-state index in [9.17, 15) is 24.6 Å². The molecular formula is C23H18BrN3O5. The van der Waals surface area contributed by atoms with Crippen molar-refractivity contribution in [2.45, 2.75) is 6.54 Å². The molecule has 0 aliphatic rings. The molecule has 0 unspecified atom stereocenters. The summed E-state index contributed by atoms with van der Waals surface area (Å²) in [5.74, 6) is -2.21. The maximum Gasteiger partial charge on any atom is 0.352 e. The molecule has 1 aromatic heterocycles. The molecule has 0 spiro atoms. The number of hydrogen-bond acceptors (Lipinski definition) is 5. The Morgan fingerprint density at radius 3 is 2.41 bits per heavy atom. The Morgan fingerprint density at radius 2 is 1.75 bits per heavy atom. The third-order valence-corrected chi connectivity index (χ3v) is 4.99. The molecule has 8 nitrogen and oxygen atoms in total. The second kappa shape index (κ2) is 10.4. The van der Waals surface area contributed by atoms with E-state index in [0.29, 0.717) is 15.6 Å². The van der Waals surface area contributed by atoms with Crippen molar-refractivity contribution in [3.05, 3.63) is 99.4 Å². The van der Waals surface area contributed by atoms with Gasteiger partial charge in [0.05, 0.1) is 5.56 Å². The minimum absolute atomic E-state index is 0.105. The summed E-state index contributed by atoms with van der Waals surface area (Å²) in [4.78, 5) is 40.4. The number of phenolic OH excluding ortho intramolecular Hbond substituents is 1. The number of aromatic hydroxyl groups is 1. The van der Waals surface area contributed by atoms with Gasteiger partial charge in [0.15, 0.2) is 0 Å². The van der Waals surface area contributed by atoms with Gasteiger partial charge in [0.25, 0.3) is 11.8 Å². The maximum atomic E-state index is 12.6. The lowest BCUT2D eigenvalue weighted by Crippen LogP contribution is -2.28. The van der Waals surface area contributed by atoms with Gasteiger partial charge >= 0.3 is 5.97 Å². The molecule has 4 N–H and O–H groups in total. The molecule has 0 fully saturated rings. The number of nitrogens with one attached hydrogen (secondary N) is 2. The van der Waals surface area contributed by atoms with Gasteiger partial charge in [0.2, 0.25) is 0 Å². The van der Waals surface area contributed by atoms with Gasteiger partial charge in [0.1, 0.15) is 11.4 Å². The number of carboxylic acids is 1. The molecule has 0 atom stereocenters. The predicted molar refractivity (Wildman–Crippen MR) is 121 cm³/mol. The molecule has 162 valence electrons. The first kappa shape index (κ1) is 22.7. The van der Waals surface area contributed by atoms with Crippen LogP contribution in [0.15, 0.2) is 77.2 Å². The van der Waals surface area contributed by atoms with Crippen molar-refractivity contribution >= 4 is 39.8 Å². The van der Waals surface area contributed by atoms with E-state index < -0.39 is 11.9 Å². The quantitative estimate of drug-likeness (QED) is 0.372. The molecule has 0 radical (unpaired) electrons. The number of pyridine rings is 1. The van der Waals surface area contributed by atoms with Crippen molar-refractivity contribution in [2.24, 2.45) is 0 Å². The van der Waals surface area contributed by atoms with Crippen molar-refractivity contribution < 1.29 is 24.6 Å². The number of benzene rings is 2. The Labute approximate surface area is 191 Å². The number of halogens is 1. The van der Waals surface area contributed by atoms with Gasteiger partial charge in [-0.2, -0.15) is 0 Å². The van der Waals surface area contributed by atoms with Crippen LogP contribution < -0.4 is 10.6 Å². The third-order valence-electron chi connectivity index (χ3n) is 4.34. The van der Waals surface area contributed by atoms with Crippen molar-refractivity contribution in [3.63, 3.8) is 0 Å². The fourth-order valence-electron chi connectivity index (χ4n) is 2.76. The van der Waals surface area contributed by atoms with Gasteiger partial charge in [-0.15, -0.1) is 0 Å². The minimum Gasteiger partial charge on any atom is -0.508 e. The highest BCUT2D eigenvalue weighted by Gasteiger charge is 2.17. The zero-order valence-electron chi connectivity index (χ0n) is 16.6. The highest BCUT2D eigenvalue weighted by Crippen LogP contribution is 2.20. The molecule has 0 aliphatic heterocycles. The Hall–Kier alpha value is -3.98.